The topological polar surface area (TPSA) is 89.5 Å². The Labute approximate surface area is 128 Å². The first-order chi connectivity index (χ1) is 10.2. The highest BCUT2D eigenvalue weighted by Gasteiger charge is 2.52. The van der Waals surface area contributed by atoms with Crippen molar-refractivity contribution in [3.05, 3.63) is 0 Å². The van der Waals surface area contributed by atoms with Gasteiger partial charge in [-0.3, -0.25) is 0 Å². The minimum Gasteiger partial charge on any atom is -0.244 e. The van der Waals surface area contributed by atoms with Crippen LogP contribution in [0.3, 0.4) is 0 Å². The molecule has 23 heavy (non-hydrogen) atoms. The van der Waals surface area contributed by atoms with Crippen molar-refractivity contribution in [1.82, 2.24) is 4.13 Å². The summed E-state index contributed by atoms with van der Waals surface area (Å²) in [5.41, 5.74) is -6.01. The number of sulfonamides is 1. The molecule has 0 aromatic rings. The van der Waals surface area contributed by atoms with Gasteiger partial charge in [0, 0.05) is 0 Å². The predicted octanol–water partition coefficient (Wildman–Crippen LogP) is 2.20. The van der Waals surface area contributed by atoms with Crippen molar-refractivity contribution >= 4 is 20.3 Å². The molecule has 0 aliphatic heterocycles. The Morgan fingerprint density at radius 2 is 1.39 bits per heavy atom. The second kappa shape index (κ2) is 6.72. The van der Waals surface area contributed by atoms with Crippen molar-refractivity contribution in [3.63, 3.8) is 0 Å². The van der Waals surface area contributed by atoms with Crippen molar-refractivity contribution in [1.29, 1.82) is 0 Å². The molecule has 0 saturated heterocycles. The number of rotatable bonds is 5. The summed E-state index contributed by atoms with van der Waals surface area (Å²) >= 11 is 0. The zero-order valence-corrected chi connectivity index (χ0v) is 12.9. The van der Waals surface area contributed by atoms with Crippen LogP contribution in [0.25, 0.3) is 0 Å². The van der Waals surface area contributed by atoms with Gasteiger partial charge in [-0.2, -0.15) is 34.8 Å². The molecular formula is C9H13F6NO5S2. The fraction of sp³-hybridized carbons (Fsp3) is 1.00. The van der Waals surface area contributed by atoms with E-state index in [0.29, 0.717) is 19.3 Å². The van der Waals surface area contributed by atoms with Crippen LogP contribution in [0, 0.1) is 5.92 Å². The Hall–Kier alpha value is -0.600. The highest BCUT2D eigenvalue weighted by atomic mass is 32.3. The van der Waals surface area contributed by atoms with Crippen molar-refractivity contribution in [3.8, 4) is 0 Å². The summed E-state index contributed by atoms with van der Waals surface area (Å²) in [5, 5.41) is 0. The molecule has 0 heterocycles. The molecule has 0 aromatic carbocycles. The fourth-order valence-corrected chi connectivity index (χ4v) is 4.32. The average molecular weight is 393 g/mol. The molecule has 0 amide bonds. The molecule has 138 valence electrons. The zero-order chi connectivity index (χ0) is 18.1. The maximum Gasteiger partial charge on any atom is 0.512 e. The molecule has 1 atom stereocenters. The van der Waals surface area contributed by atoms with Gasteiger partial charge >= 0.3 is 32.0 Å². The highest BCUT2D eigenvalue weighted by Crippen LogP contribution is 2.37. The van der Waals surface area contributed by atoms with Crippen LogP contribution in [-0.2, 0) is 24.5 Å². The Bertz CT molecular complexity index is 605. The third-order valence-electron chi connectivity index (χ3n) is 3.15. The zero-order valence-electron chi connectivity index (χ0n) is 11.3. The van der Waals surface area contributed by atoms with Gasteiger partial charge in [0.25, 0.3) is 0 Å². The third kappa shape index (κ3) is 5.76. The minimum atomic E-state index is -6.41. The third-order valence-corrected chi connectivity index (χ3v) is 5.91. The number of alkyl halides is 6. The van der Waals surface area contributed by atoms with E-state index in [2.05, 4.69) is 4.18 Å². The molecule has 0 aromatic heterocycles. The summed E-state index contributed by atoms with van der Waals surface area (Å²) in [6.45, 7) is 0. The Morgan fingerprint density at radius 1 is 0.913 bits per heavy atom. The van der Waals surface area contributed by atoms with E-state index >= 15 is 0 Å². The van der Waals surface area contributed by atoms with Gasteiger partial charge in [-0.1, -0.05) is 23.4 Å². The molecule has 1 aliphatic carbocycles. The molecule has 6 nitrogen and oxygen atoms in total. The largest absolute Gasteiger partial charge is 0.512 e. The first-order valence-electron chi connectivity index (χ1n) is 6.25. The maximum atomic E-state index is 12.9. The van der Waals surface area contributed by atoms with Crippen molar-refractivity contribution in [2.24, 2.45) is 5.92 Å². The van der Waals surface area contributed by atoms with Crippen molar-refractivity contribution in [2.75, 3.05) is 0 Å². The smallest absolute Gasteiger partial charge is 0.244 e. The molecular weight excluding hydrogens is 380 g/mol. The summed E-state index contributed by atoms with van der Waals surface area (Å²) in [4.78, 5) is 0. The van der Waals surface area contributed by atoms with E-state index in [1.54, 1.807) is 0 Å². The van der Waals surface area contributed by atoms with Crippen LogP contribution in [0.15, 0.2) is 0 Å². The summed E-state index contributed by atoms with van der Waals surface area (Å²) < 4.78 is 123. The van der Waals surface area contributed by atoms with Gasteiger partial charge in [0.1, 0.15) is 0 Å². The van der Waals surface area contributed by atoms with Gasteiger partial charge in [0.05, 0.1) is 0 Å². The van der Waals surface area contributed by atoms with Gasteiger partial charge in [-0.05, 0) is 18.8 Å². The van der Waals surface area contributed by atoms with E-state index in [9.17, 15) is 43.2 Å². The lowest BCUT2D eigenvalue weighted by atomic mass is 9.85. The lowest BCUT2D eigenvalue weighted by Gasteiger charge is -2.30. The Morgan fingerprint density at radius 3 is 1.78 bits per heavy atom. The van der Waals surface area contributed by atoms with E-state index in [1.165, 1.54) is 0 Å². The quantitative estimate of drug-likeness (QED) is 0.724. The first kappa shape index (κ1) is 20.4. The molecule has 0 bridgehead atoms. The molecule has 0 spiro atoms. The van der Waals surface area contributed by atoms with Crippen LogP contribution in [0.1, 0.15) is 32.1 Å². The van der Waals surface area contributed by atoms with Gasteiger partial charge in [-0.25, -0.2) is 12.6 Å². The molecule has 1 fully saturated rings. The van der Waals surface area contributed by atoms with Crippen LogP contribution in [0.5, 0.6) is 0 Å². The molecule has 0 unspecified atom stereocenters. The SMILES string of the molecule is O=S(=O)(NS(=O)(=O)C(F)(F)F)O[C@H](C1CCCCC1)C(F)(F)F. The lowest BCUT2D eigenvalue weighted by Crippen LogP contribution is -2.47. The van der Waals surface area contributed by atoms with E-state index in [1.807, 2.05) is 0 Å². The van der Waals surface area contributed by atoms with E-state index in [4.69, 9.17) is 0 Å². The van der Waals surface area contributed by atoms with Gasteiger partial charge in [0.2, 0.25) is 0 Å². The van der Waals surface area contributed by atoms with Crippen molar-refractivity contribution in [2.45, 2.75) is 49.9 Å². The van der Waals surface area contributed by atoms with E-state index in [-0.39, 0.29) is 17.0 Å². The predicted molar refractivity (Wildman–Crippen MR) is 64.5 cm³/mol. The summed E-state index contributed by atoms with van der Waals surface area (Å²) in [7, 11) is -12.2. The molecule has 1 saturated carbocycles. The Kier molecular flexibility index (Phi) is 5.97. The number of nitrogens with one attached hydrogen (secondary N) is 1. The monoisotopic (exact) mass is 393 g/mol. The highest BCUT2D eigenvalue weighted by molar-refractivity contribution is 8.03. The minimum absolute atomic E-state index is 0.0360. The van der Waals surface area contributed by atoms with E-state index in [0.717, 1.165) is 0 Å². The summed E-state index contributed by atoms with van der Waals surface area (Å²) in [6, 6.07) is 0. The second-order valence-corrected chi connectivity index (χ2v) is 8.18. The van der Waals surface area contributed by atoms with Gasteiger partial charge in [0.15, 0.2) is 6.10 Å². The second-order valence-electron chi connectivity index (χ2n) is 4.94. The maximum absolute atomic E-state index is 12.9. The van der Waals surface area contributed by atoms with Crippen molar-refractivity contribution < 1.29 is 47.4 Å². The Balaban J connectivity index is 2.98. The van der Waals surface area contributed by atoms with Crippen LogP contribution in [0.2, 0.25) is 0 Å². The normalized spacial score (nSPS) is 20.4. The number of hydrogen-bond donors (Lipinski definition) is 1. The summed E-state index contributed by atoms with van der Waals surface area (Å²) in [6.07, 6.45) is -6.79. The number of hydrogen-bond acceptors (Lipinski definition) is 5. The average Bonchev–Trinajstić information content (AvgIpc) is 2.33. The van der Waals surface area contributed by atoms with E-state index < -0.39 is 44.0 Å². The van der Waals surface area contributed by atoms with Crippen LogP contribution < -0.4 is 4.13 Å². The first-order valence-corrected chi connectivity index (χ1v) is 9.15. The van der Waals surface area contributed by atoms with Crippen LogP contribution in [-0.4, -0.2) is 34.6 Å². The summed E-state index contributed by atoms with van der Waals surface area (Å²) in [5.74, 6) is -1.28. The molecule has 14 heteroatoms. The van der Waals surface area contributed by atoms with Gasteiger partial charge < -0.3 is 0 Å². The molecule has 1 aliphatic rings. The van der Waals surface area contributed by atoms with Crippen LogP contribution >= 0.6 is 0 Å². The van der Waals surface area contributed by atoms with Gasteiger partial charge in [-0.15, -0.1) is 0 Å². The molecule has 0 radical (unpaired) electrons. The molecule has 1 rings (SSSR count). The standard InChI is InChI=1S/C9H13F6NO5S2/c10-8(11,12)7(6-4-2-1-3-5-6)21-23(19,20)16-22(17,18)9(13,14)15/h6-7,16H,1-5H2/t7-/m1/s1. The molecule has 1 N–H and O–H groups in total. The lowest BCUT2D eigenvalue weighted by molar-refractivity contribution is -0.211. The number of halogens is 6. The van der Waals surface area contributed by atoms with Crippen LogP contribution in [0.4, 0.5) is 26.3 Å². The fourth-order valence-electron chi connectivity index (χ4n) is 2.18.